The van der Waals surface area contributed by atoms with Crippen LogP contribution in [0, 0.1) is 5.82 Å². The number of hydrogen-bond donors (Lipinski definition) is 0. The normalized spacial score (nSPS) is 11.9. The van der Waals surface area contributed by atoms with Crippen LogP contribution in [-0.4, -0.2) is 27.1 Å². The molecule has 0 fully saturated rings. The van der Waals surface area contributed by atoms with Gasteiger partial charge in [-0.1, -0.05) is 0 Å². The highest BCUT2D eigenvalue weighted by molar-refractivity contribution is 7.89. The zero-order valence-corrected chi connectivity index (χ0v) is 16.0. The minimum Gasteiger partial charge on any atom is -0.491 e. The van der Waals surface area contributed by atoms with Crippen molar-refractivity contribution in [3.05, 3.63) is 53.3 Å². The number of carbonyl (C=O) groups excluding carboxylic acids is 1. The Bertz CT molecular complexity index is 1100. The molecule has 0 N–H and O–H groups in total. The van der Waals surface area contributed by atoms with Crippen LogP contribution in [0.4, 0.5) is 4.39 Å². The van der Waals surface area contributed by atoms with E-state index in [-0.39, 0.29) is 11.9 Å². The maximum Gasteiger partial charge on any atom is 0.154 e. The van der Waals surface area contributed by atoms with Crippen LogP contribution in [0.15, 0.2) is 40.8 Å². The first-order valence-corrected chi connectivity index (χ1v) is 10.4. The standard InChI is InChI=1S/C20H19FO5S/c1-12(2)25-18-9-16-17(10-22)20(13-4-6-15(21)7-5-13)26-19(16)8-14(18)11-27(3,23)24/h4-10,12H,11H2,1-3H3. The van der Waals surface area contributed by atoms with Crippen LogP contribution < -0.4 is 4.74 Å². The van der Waals surface area contributed by atoms with Gasteiger partial charge in [0.05, 0.1) is 17.4 Å². The summed E-state index contributed by atoms with van der Waals surface area (Å²) in [5, 5.41) is 0.511. The van der Waals surface area contributed by atoms with Gasteiger partial charge in [-0.3, -0.25) is 4.79 Å². The molecule has 3 rings (SSSR count). The highest BCUT2D eigenvalue weighted by Gasteiger charge is 2.20. The van der Waals surface area contributed by atoms with Crippen LogP contribution in [0.25, 0.3) is 22.3 Å². The van der Waals surface area contributed by atoms with Crippen molar-refractivity contribution in [1.29, 1.82) is 0 Å². The lowest BCUT2D eigenvalue weighted by molar-refractivity contribution is 0.112. The second-order valence-corrected chi connectivity index (χ2v) is 8.80. The third-order valence-electron chi connectivity index (χ3n) is 3.91. The Hall–Kier alpha value is -2.67. The van der Waals surface area contributed by atoms with Crippen molar-refractivity contribution < 1.29 is 26.8 Å². The predicted molar refractivity (Wildman–Crippen MR) is 101 cm³/mol. The van der Waals surface area contributed by atoms with Gasteiger partial charge in [0.2, 0.25) is 0 Å². The third kappa shape index (κ3) is 4.19. The molecule has 0 unspecified atom stereocenters. The monoisotopic (exact) mass is 390 g/mol. The second-order valence-electron chi connectivity index (χ2n) is 6.66. The maximum atomic E-state index is 13.2. The molecule has 0 spiro atoms. The summed E-state index contributed by atoms with van der Waals surface area (Å²) >= 11 is 0. The van der Waals surface area contributed by atoms with E-state index in [0.717, 1.165) is 6.26 Å². The predicted octanol–water partition coefficient (Wildman–Crippen LogP) is 4.38. The Labute approximate surface area is 156 Å². The van der Waals surface area contributed by atoms with Gasteiger partial charge in [0.15, 0.2) is 16.1 Å². The van der Waals surface area contributed by atoms with E-state index in [1.165, 1.54) is 24.3 Å². The summed E-state index contributed by atoms with van der Waals surface area (Å²) in [6.07, 6.45) is 1.63. The Kier molecular flexibility index (Phi) is 5.06. The molecule has 2 aromatic carbocycles. The number of halogens is 1. The second kappa shape index (κ2) is 7.15. The number of ether oxygens (including phenoxy) is 1. The van der Waals surface area contributed by atoms with E-state index in [1.54, 1.807) is 12.1 Å². The highest BCUT2D eigenvalue weighted by atomic mass is 32.2. The first-order valence-electron chi connectivity index (χ1n) is 8.33. The van der Waals surface area contributed by atoms with E-state index in [0.29, 0.717) is 45.5 Å². The first-order chi connectivity index (χ1) is 12.7. The van der Waals surface area contributed by atoms with Crippen molar-refractivity contribution >= 4 is 27.1 Å². The van der Waals surface area contributed by atoms with E-state index in [4.69, 9.17) is 9.15 Å². The van der Waals surface area contributed by atoms with Gasteiger partial charge in [-0.05, 0) is 50.2 Å². The molecule has 5 nitrogen and oxygen atoms in total. The average molecular weight is 390 g/mol. The van der Waals surface area contributed by atoms with Crippen LogP contribution in [0.3, 0.4) is 0 Å². The van der Waals surface area contributed by atoms with E-state index in [1.807, 2.05) is 13.8 Å². The fourth-order valence-electron chi connectivity index (χ4n) is 2.88. The number of aldehydes is 1. The SMILES string of the molecule is CC(C)Oc1cc2c(C=O)c(-c3ccc(F)cc3)oc2cc1CS(C)(=O)=O. The first kappa shape index (κ1) is 19.1. The molecule has 0 radical (unpaired) electrons. The lowest BCUT2D eigenvalue weighted by Crippen LogP contribution is -2.09. The minimum absolute atomic E-state index is 0.177. The summed E-state index contributed by atoms with van der Waals surface area (Å²) in [5.41, 5.74) is 1.67. The van der Waals surface area contributed by atoms with Crippen molar-refractivity contribution in [2.75, 3.05) is 6.26 Å². The van der Waals surface area contributed by atoms with Crippen molar-refractivity contribution in [1.82, 2.24) is 0 Å². The molecular formula is C20H19FO5S. The third-order valence-corrected chi connectivity index (χ3v) is 4.75. The molecule has 0 aliphatic carbocycles. The number of carbonyl (C=O) groups is 1. The number of fused-ring (bicyclic) bond motifs is 1. The van der Waals surface area contributed by atoms with Gasteiger partial charge in [-0.25, -0.2) is 12.8 Å². The Morgan fingerprint density at radius 1 is 1.19 bits per heavy atom. The summed E-state index contributed by atoms with van der Waals surface area (Å²) < 4.78 is 48.3. The van der Waals surface area contributed by atoms with E-state index in [2.05, 4.69) is 0 Å². The molecule has 27 heavy (non-hydrogen) atoms. The lowest BCUT2D eigenvalue weighted by Gasteiger charge is -2.14. The topological polar surface area (TPSA) is 73.6 Å². The number of furan rings is 1. The van der Waals surface area contributed by atoms with E-state index >= 15 is 0 Å². The van der Waals surface area contributed by atoms with Gasteiger partial charge in [0, 0.05) is 22.8 Å². The number of sulfone groups is 1. The average Bonchev–Trinajstić information content (AvgIpc) is 2.91. The quantitative estimate of drug-likeness (QED) is 0.584. The number of benzene rings is 2. The molecule has 0 atom stereocenters. The van der Waals surface area contributed by atoms with Crippen LogP contribution >= 0.6 is 0 Å². The molecule has 3 aromatic rings. The largest absolute Gasteiger partial charge is 0.491 e. The zero-order valence-electron chi connectivity index (χ0n) is 15.2. The molecule has 1 heterocycles. The maximum absolute atomic E-state index is 13.2. The molecule has 0 aliphatic rings. The molecular weight excluding hydrogens is 371 g/mol. The molecule has 7 heteroatoms. The Balaban J connectivity index is 2.24. The summed E-state index contributed by atoms with van der Waals surface area (Å²) in [5.74, 6) is 0.0728. The van der Waals surface area contributed by atoms with Crippen LogP contribution in [0.1, 0.15) is 29.8 Å². The minimum atomic E-state index is -3.30. The lowest BCUT2D eigenvalue weighted by atomic mass is 10.0. The van der Waals surface area contributed by atoms with E-state index < -0.39 is 15.7 Å². The van der Waals surface area contributed by atoms with Crippen LogP contribution in [0.2, 0.25) is 0 Å². The van der Waals surface area contributed by atoms with Crippen LogP contribution in [0.5, 0.6) is 5.75 Å². The van der Waals surface area contributed by atoms with Gasteiger partial charge < -0.3 is 9.15 Å². The fraction of sp³-hybridized carbons (Fsp3) is 0.250. The van der Waals surface area contributed by atoms with Gasteiger partial charge in [0.25, 0.3) is 0 Å². The van der Waals surface area contributed by atoms with Crippen molar-refractivity contribution in [2.24, 2.45) is 0 Å². The molecule has 142 valence electrons. The molecule has 0 saturated heterocycles. The highest BCUT2D eigenvalue weighted by Crippen LogP contribution is 2.37. The Morgan fingerprint density at radius 3 is 2.41 bits per heavy atom. The zero-order chi connectivity index (χ0) is 19.8. The molecule has 0 saturated carbocycles. The van der Waals surface area contributed by atoms with Crippen LogP contribution in [-0.2, 0) is 15.6 Å². The molecule has 1 aromatic heterocycles. The Morgan fingerprint density at radius 2 is 1.85 bits per heavy atom. The van der Waals surface area contributed by atoms with E-state index in [9.17, 15) is 17.6 Å². The number of hydrogen-bond acceptors (Lipinski definition) is 5. The molecule has 0 aliphatic heterocycles. The van der Waals surface area contributed by atoms with Gasteiger partial charge in [0.1, 0.15) is 22.9 Å². The van der Waals surface area contributed by atoms with Crippen molar-refractivity contribution in [2.45, 2.75) is 25.7 Å². The van der Waals surface area contributed by atoms with Gasteiger partial charge in [-0.2, -0.15) is 0 Å². The smallest absolute Gasteiger partial charge is 0.154 e. The molecule has 0 bridgehead atoms. The fourth-order valence-corrected chi connectivity index (χ4v) is 3.67. The summed E-state index contributed by atoms with van der Waals surface area (Å²) in [4.78, 5) is 11.7. The summed E-state index contributed by atoms with van der Waals surface area (Å²) in [6, 6.07) is 8.79. The van der Waals surface area contributed by atoms with Gasteiger partial charge >= 0.3 is 0 Å². The molecule has 0 amide bonds. The van der Waals surface area contributed by atoms with Crippen molar-refractivity contribution in [3.8, 4) is 17.1 Å². The summed E-state index contributed by atoms with van der Waals surface area (Å²) in [6.45, 7) is 3.66. The number of rotatable bonds is 6. The summed E-state index contributed by atoms with van der Waals surface area (Å²) in [7, 11) is -3.30. The van der Waals surface area contributed by atoms with Crippen molar-refractivity contribution in [3.63, 3.8) is 0 Å². The van der Waals surface area contributed by atoms with Gasteiger partial charge in [-0.15, -0.1) is 0 Å².